The second kappa shape index (κ2) is 11.5. The molecule has 3 aliphatic heterocycles. The third kappa shape index (κ3) is 4.97. The fourth-order valence-electron chi connectivity index (χ4n) is 7.67. The standard InChI is InChI=1S/C36H32F2N6O4/c1-3-25-27(38)8-7-20-13-24(45)14-26(28(20)25)31-19(2)30-29(34(46)48-31)33(41-23-12-21-6-4-10-39-32(21)40-16-23)43-35(42-30)47-18-36-9-5-11-44(36)17-22(37)15-36/h1,4,6-8,10,13-14,22-23,45H,5,9,11-12,15-18H2,2H3,(H,39,40)(H,41,42,43)/t22-,23?,36+/m1/s1. The molecule has 5 aromatic rings. The number of fused-ring (bicyclic) bond motifs is 4. The number of halogens is 2. The first-order chi connectivity index (χ1) is 23.2. The Hall–Kier alpha value is -5.28. The van der Waals surface area contributed by atoms with E-state index < -0.39 is 23.2 Å². The number of phenolic OH excluding ortho intramolecular Hbond substituents is 1. The topological polar surface area (TPSA) is 126 Å². The van der Waals surface area contributed by atoms with Gasteiger partial charge in [0.15, 0.2) is 0 Å². The summed E-state index contributed by atoms with van der Waals surface area (Å²) in [5.41, 5.74) is 0.730. The summed E-state index contributed by atoms with van der Waals surface area (Å²) < 4.78 is 41.7. The summed E-state index contributed by atoms with van der Waals surface area (Å²) in [6.45, 7) is 3.61. The number of nitrogens with one attached hydrogen (secondary N) is 2. The van der Waals surface area contributed by atoms with E-state index in [0.29, 0.717) is 42.3 Å². The van der Waals surface area contributed by atoms with E-state index in [4.69, 9.17) is 20.6 Å². The number of rotatable bonds is 6. The number of phenols is 1. The molecule has 0 spiro atoms. The molecule has 3 N–H and O–H groups in total. The average molecular weight is 651 g/mol. The van der Waals surface area contributed by atoms with Gasteiger partial charge in [-0.3, -0.25) is 4.90 Å². The maximum Gasteiger partial charge on any atom is 0.349 e. The van der Waals surface area contributed by atoms with Crippen molar-refractivity contribution >= 4 is 33.3 Å². The van der Waals surface area contributed by atoms with Crippen molar-refractivity contribution in [2.75, 3.05) is 36.9 Å². The predicted octanol–water partition coefficient (Wildman–Crippen LogP) is 5.34. The number of hydrogen-bond donors (Lipinski definition) is 3. The van der Waals surface area contributed by atoms with E-state index in [1.807, 2.05) is 12.1 Å². The lowest BCUT2D eigenvalue weighted by Gasteiger charge is -2.31. The molecule has 0 amide bonds. The van der Waals surface area contributed by atoms with Crippen LogP contribution in [0.4, 0.5) is 20.4 Å². The molecule has 3 aromatic heterocycles. The van der Waals surface area contributed by atoms with Crippen LogP contribution in [0, 0.1) is 25.1 Å². The Balaban J connectivity index is 1.27. The Labute approximate surface area is 274 Å². The lowest BCUT2D eigenvalue weighted by Crippen LogP contribution is -2.43. The number of benzene rings is 2. The third-order valence-electron chi connectivity index (χ3n) is 9.87. The van der Waals surface area contributed by atoms with Crippen molar-refractivity contribution in [3.63, 3.8) is 0 Å². The molecule has 0 bridgehead atoms. The van der Waals surface area contributed by atoms with Crippen LogP contribution >= 0.6 is 0 Å². The van der Waals surface area contributed by atoms with Gasteiger partial charge in [-0.1, -0.05) is 18.1 Å². The van der Waals surface area contributed by atoms with Gasteiger partial charge in [0.05, 0.1) is 16.6 Å². The summed E-state index contributed by atoms with van der Waals surface area (Å²) in [6.07, 6.45) is 9.27. The smallest absolute Gasteiger partial charge is 0.349 e. The van der Waals surface area contributed by atoms with Crippen molar-refractivity contribution in [2.45, 2.75) is 50.4 Å². The molecule has 2 saturated heterocycles. The number of ether oxygens (including phenoxy) is 1. The summed E-state index contributed by atoms with van der Waals surface area (Å²) in [5, 5.41) is 18.2. The number of aryl methyl sites for hydroxylation is 1. The van der Waals surface area contributed by atoms with Gasteiger partial charge in [0.2, 0.25) is 0 Å². The number of anilines is 2. The summed E-state index contributed by atoms with van der Waals surface area (Å²) in [5.74, 6) is 2.76. The first kappa shape index (κ1) is 30.1. The van der Waals surface area contributed by atoms with Crippen LogP contribution in [0.3, 0.4) is 0 Å². The lowest BCUT2D eigenvalue weighted by molar-refractivity contribution is 0.107. The van der Waals surface area contributed by atoms with Crippen LogP contribution in [-0.2, 0) is 6.42 Å². The maximum atomic E-state index is 14.9. The minimum atomic E-state index is -0.927. The number of aromatic nitrogens is 3. The zero-order valence-electron chi connectivity index (χ0n) is 26.1. The average Bonchev–Trinajstić information content (AvgIpc) is 3.60. The van der Waals surface area contributed by atoms with Crippen LogP contribution in [0.5, 0.6) is 11.8 Å². The molecule has 48 heavy (non-hydrogen) atoms. The number of aromatic hydroxyl groups is 1. The molecule has 12 heteroatoms. The second-order valence-electron chi connectivity index (χ2n) is 12.9. The quantitative estimate of drug-likeness (QED) is 0.208. The van der Waals surface area contributed by atoms with Crippen molar-refractivity contribution in [3.8, 4) is 35.4 Å². The highest BCUT2D eigenvalue weighted by molar-refractivity contribution is 6.03. The molecule has 3 atom stereocenters. The van der Waals surface area contributed by atoms with Gasteiger partial charge in [0.25, 0.3) is 0 Å². The minimum Gasteiger partial charge on any atom is -0.508 e. The molecule has 3 aliphatic rings. The Bertz CT molecular complexity index is 2220. The minimum absolute atomic E-state index is 0.0233. The van der Waals surface area contributed by atoms with Crippen molar-refractivity contribution in [1.82, 2.24) is 19.9 Å². The Morgan fingerprint density at radius 1 is 1.27 bits per heavy atom. The van der Waals surface area contributed by atoms with Gasteiger partial charge in [-0.15, -0.1) is 6.42 Å². The SMILES string of the molecule is C#Cc1c(F)ccc2cc(O)cc(-c3oc(=O)c4c(NC5CNc6ncccc6C5)nc(OC[C@@]56CCCN5C[C@H](F)C6)nc4c3C)c12. The predicted molar refractivity (Wildman–Crippen MR) is 178 cm³/mol. The fourth-order valence-corrected chi connectivity index (χ4v) is 7.67. The molecule has 0 aliphatic carbocycles. The van der Waals surface area contributed by atoms with E-state index in [-0.39, 0.29) is 58.0 Å². The van der Waals surface area contributed by atoms with Crippen molar-refractivity contribution < 1.29 is 23.0 Å². The molecule has 2 fully saturated rings. The van der Waals surface area contributed by atoms with Gasteiger partial charge >= 0.3 is 11.6 Å². The van der Waals surface area contributed by atoms with Gasteiger partial charge in [-0.2, -0.15) is 9.97 Å². The van der Waals surface area contributed by atoms with Gasteiger partial charge in [0.1, 0.15) is 47.1 Å². The molecular weight excluding hydrogens is 618 g/mol. The van der Waals surface area contributed by atoms with Gasteiger partial charge < -0.3 is 24.9 Å². The molecule has 6 heterocycles. The third-order valence-corrected chi connectivity index (χ3v) is 9.87. The summed E-state index contributed by atoms with van der Waals surface area (Å²) in [7, 11) is 0. The van der Waals surface area contributed by atoms with E-state index in [9.17, 15) is 18.7 Å². The van der Waals surface area contributed by atoms with Gasteiger partial charge in [-0.25, -0.2) is 18.6 Å². The maximum absolute atomic E-state index is 14.9. The zero-order chi connectivity index (χ0) is 33.2. The van der Waals surface area contributed by atoms with Crippen LogP contribution in [0.1, 0.15) is 36.0 Å². The van der Waals surface area contributed by atoms with E-state index >= 15 is 0 Å². The Morgan fingerprint density at radius 2 is 2.15 bits per heavy atom. The number of nitrogens with zero attached hydrogens (tertiary/aromatic N) is 4. The number of terminal acetylenes is 1. The molecule has 0 radical (unpaired) electrons. The highest BCUT2D eigenvalue weighted by atomic mass is 19.1. The molecule has 8 rings (SSSR count). The van der Waals surface area contributed by atoms with E-state index in [0.717, 1.165) is 30.8 Å². The van der Waals surface area contributed by atoms with Crippen molar-refractivity contribution in [3.05, 3.63) is 75.5 Å². The highest BCUT2D eigenvalue weighted by Crippen LogP contribution is 2.41. The summed E-state index contributed by atoms with van der Waals surface area (Å²) >= 11 is 0. The Morgan fingerprint density at radius 3 is 3.00 bits per heavy atom. The zero-order valence-corrected chi connectivity index (χ0v) is 26.1. The van der Waals surface area contributed by atoms with Crippen LogP contribution < -0.4 is 21.0 Å². The molecular formula is C36H32F2N6O4. The van der Waals surface area contributed by atoms with Crippen LogP contribution in [0.15, 0.2) is 51.8 Å². The van der Waals surface area contributed by atoms with Gasteiger partial charge in [0, 0.05) is 48.3 Å². The van der Waals surface area contributed by atoms with Crippen molar-refractivity contribution in [2.24, 2.45) is 0 Å². The van der Waals surface area contributed by atoms with E-state index in [1.54, 1.807) is 13.1 Å². The molecule has 244 valence electrons. The molecule has 2 aromatic carbocycles. The monoisotopic (exact) mass is 650 g/mol. The molecule has 1 unspecified atom stereocenters. The van der Waals surface area contributed by atoms with Crippen molar-refractivity contribution in [1.29, 1.82) is 0 Å². The van der Waals surface area contributed by atoms with Crippen LogP contribution in [-0.4, -0.2) is 69.0 Å². The largest absolute Gasteiger partial charge is 0.508 e. The summed E-state index contributed by atoms with van der Waals surface area (Å²) in [4.78, 5) is 29.8. The van der Waals surface area contributed by atoms with Crippen LogP contribution in [0.2, 0.25) is 0 Å². The summed E-state index contributed by atoms with van der Waals surface area (Å²) in [6, 6.07) is 9.29. The highest BCUT2D eigenvalue weighted by Gasteiger charge is 2.49. The number of pyridine rings is 1. The Kier molecular flexibility index (Phi) is 7.18. The number of hydrogen-bond acceptors (Lipinski definition) is 10. The fraction of sp³-hybridized carbons (Fsp3) is 0.333. The van der Waals surface area contributed by atoms with E-state index in [1.165, 1.54) is 24.3 Å². The number of alkyl halides is 1. The first-order valence-electron chi connectivity index (χ1n) is 16.0. The van der Waals surface area contributed by atoms with E-state index in [2.05, 4.69) is 31.4 Å². The molecule has 0 saturated carbocycles. The second-order valence-corrected chi connectivity index (χ2v) is 12.9. The first-order valence-corrected chi connectivity index (χ1v) is 16.0. The normalized spacial score (nSPS) is 21.9. The molecule has 10 nitrogen and oxygen atoms in total. The lowest BCUT2D eigenvalue weighted by atomic mass is 9.95. The van der Waals surface area contributed by atoms with Gasteiger partial charge in [-0.05, 0) is 67.9 Å². The van der Waals surface area contributed by atoms with Crippen LogP contribution in [0.25, 0.3) is 33.0 Å².